The van der Waals surface area contributed by atoms with Gasteiger partial charge in [-0.3, -0.25) is 0 Å². The Kier molecular flexibility index (Phi) is 7.30. The molecule has 0 saturated carbocycles. The topological polar surface area (TPSA) is 55.8 Å². The minimum atomic E-state index is -0.972. The number of hydrogen-bond donors (Lipinski definition) is 1. The van der Waals surface area contributed by atoms with Crippen LogP contribution in [0.15, 0.2) is 12.2 Å². The molecule has 130 valence electrons. The van der Waals surface area contributed by atoms with Crippen LogP contribution in [-0.2, 0) is 14.3 Å². The molecule has 0 aromatic rings. The summed E-state index contributed by atoms with van der Waals surface area (Å²) in [6.45, 7) is 18.5. The molecule has 0 radical (unpaired) electrons. The number of carbonyl (C=O) groups is 1. The summed E-state index contributed by atoms with van der Waals surface area (Å²) in [6.07, 6.45) is 1.86. The van der Waals surface area contributed by atoms with Crippen molar-refractivity contribution in [1.82, 2.24) is 0 Å². The van der Waals surface area contributed by atoms with E-state index in [1.165, 1.54) is 0 Å². The molecule has 0 aromatic carbocycles. The van der Waals surface area contributed by atoms with E-state index >= 15 is 0 Å². The molecule has 4 heteroatoms. The minimum Gasteiger partial charge on any atom is -0.459 e. The zero-order valence-electron chi connectivity index (χ0n) is 15.6. The predicted octanol–water partition coefficient (Wildman–Crippen LogP) is 4.01. The maximum atomic E-state index is 11.7. The molecule has 0 rings (SSSR count). The van der Waals surface area contributed by atoms with Gasteiger partial charge in [-0.05, 0) is 54.4 Å². The minimum absolute atomic E-state index is 0.276. The number of carbonyl (C=O) groups excluding carboxylic acids is 1. The summed E-state index contributed by atoms with van der Waals surface area (Å²) < 4.78 is 11.7. The van der Waals surface area contributed by atoms with Gasteiger partial charge in [-0.15, -0.1) is 0 Å². The molecule has 0 aliphatic heterocycles. The van der Waals surface area contributed by atoms with Crippen LogP contribution >= 0.6 is 0 Å². The fourth-order valence-corrected chi connectivity index (χ4v) is 2.24. The summed E-state index contributed by atoms with van der Waals surface area (Å²) >= 11 is 0. The van der Waals surface area contributed by atoms with Crippen molar-refractivity contribution in [3.05, 3.63) is 12.2 Å². The fraction of sp³-hybridized carbons (Fsp3) is 0.833. The summed E-state index contributed by atoms with van der Waals surface area (Å²) in [5, 5.41) is 10.3. The van der Waals surface area contributed by atoms with Gasteiger partial charge in [0.15, 0.2) is 0 Å². The van der Waals surface area contributed by atoms with E-state index in [2.05, 4.69) is 20.4 Å². The molecule has 0 saturated heterocycles. The molecule has 0 aromatic heterocycles. The third kappa shape index (κ3) is 5.73. The van der Waals surface area contributed by atoms with Gasteiger partial charge in [0.1, 0.15) is 6.10 Å². The Labute approximate surface area is 135 Å². The van der Waals surface area contributed by atoms with Crippen molar-refractivity contribution in [2.75, 3.05) is 0 Å². The molecule has 1 unspecified atom stereocenters. The van der Waals surface area contributed by atoms with E-state index in [1.807, 2.05) is 20.8 Å². The van der Waals surface area contributed by atoms with Gasteiger partial charge in [0.05, 0.1) is 16.8 Å². The van der Waals surface area contributed by atoms with Gasteiger partial charge in [-0.2, -0.15) is 0 Å². The molecule has 1 atom stereocenters. The molecule has 0 spiro atoms. The second kappa shape index (κ2) is 7.60. The third-order valence-corrected chi connectivity index (χ3v) is 4.55. The molecule has 1 N–H and O–H groups in total. The number of aliphatic hydroxyl groups is 1. The van der Waals surface area contributed by atoms with Crippen LogP contribution in [0.2, 0.25) is 0 Å². The highest BCUT2D eigenvalue weighted by Crippen LogP contribution is 2.37. The second-order valence-corrected chi connectivity index (χ2v) is 7.26. The zero-order valence-corrected chi connectivity index (χ0v) is 15.6. The molecular formula is C18H34O4. The van der Waals surface area contributed by atoms with Gasteiger partial charge >= 0.3 is 5.97 Å². The van der Waals surface area contributed by atoms with Crippen molar-refractivity contribution in [2.45, 2.75) is 97.6 Å². The van der Waals surface area contributed by atoms with Crippen molar-refractivity contribution >= 4 is 5.97 Å². The zero-order chi connectivity index (χ0) is 17.8. The smallest absolute Gasteiger partial charge is 0.333 e. The normalized spacial score (nSPS) is 14.6. The van der Waals surface area contributed by atoms with Crippen LogP contribution in [0.25, 0.3) is 0 Å². The highest BCUT2D eigenvalue weighted by Gasteiger charge is 2.43. The molecule has 22 heavy (non-hydrogen) atoms. The lowest BCUT2D eigenvalue weighted by Gasteiger charge is -2.46. The van der Waals surface area contributed by atoms with Crippen LogP contribution in [0.3, 0.4) is 0 Å². The molecular weight excluding hydrogens is 280 g/mol. The van der Waals surface area contributed by atoms with Gasteiger partial charge < -0.3 is 14.6 Å². The summed E-state index contributed by atoms with van der Waals surface area (Å²) in [7, 11) is 0. The standard InChI is InChI=1S/C18H34O4/c1-10-18(11-2,22-17(8,9)16(6,7)20)12-14(5)21-15(19)13(3)4/h14,20H,3,10-12H2,1-2,4-9H3. The van der Waals surface area contributed by atoms with Crippen LogP contribution in [0.4, 0.5) is 0 Å². The average Bonchev–Trinajstić information content (AvgIpc) is 2.35. The Morgan fingerprint density at radius 2 is 1.64 bits per heavy atom. The molecule has 0 fully saturated rings. The van der Waals surface area contributed by atoms with E-state index < -0.39 is 16.8 Å². The summed E-state index contributed by atoms with van der Waals surface area (Å²) in [6, 6.07) is 0. The summed E-state index contributed by atoms with van der Waals surface area (Å²) in [5.74, 6) is -0.379. The number of esters is 1. The van der Waals surface area contributed by atoms with E-state index in [0.717, 1.165) is 12.8 Å². The fourth-order valence-electron chi connectivity index (χ4n) is 2.24. The van der Waals surface area contributed by atoms with Gasteiger partial charge in [0.2, 0.25) is 0 Å². The lowest BCUT2D eigenvalue weighted by atomic mass is 9.85. The lowest BCUT2D eigenvalue weighted by molar-refractivity contribution is -0.224. The van der Waals surface area contributed by atoms with Crippen LogP contribution in [0.1, 0.15) is 74.7 Å². The SMILES string of the molecule is C=C(C)C(=O)OC(C)CC(CC)(CC)OC(C)(C)C(C)(C)O. The van der Waals surface area contributed by atoms with Crippen molar-refractivity contribution < 1.29 is 19.4 Å². The predicted molar refractivity (Wildman–Crippen MR) is 89.8 cm³/mol. The molecule has 0 heterocycles. The van der Waals surface area contributed by atoms with Gasteiger partial charge in [0.25, 0.3) is 0 Å². The Morgan fingerprint density at radius 1 is 1.18 bits per heavy atom. The Bertz CT molecular complexity index is 386. The van der Waals surface area contributed by atoms with Gasteiger partial charge in [-0.1, -0.05) is 20.4 Å². The lowest BCUT2D eigenvalue weighted by Crippen LogP contribution is -2.53. The number of rotatable bonds is 9. The van der Waals surface area contributed by atoms with Crippen molar-refractivity contribution in [3.8, 4) is 0 Å². The number of hydrogen-bond acceptors (Lipinski definition) is 4. The Morgan fingerprint density at radius 3 is 1.95 bits per heavy atom. The van der Waals surface area contributed by atoms with E-state index in [0.29, 0.717) is 12.0 Å². The average molecular weight is 314 g/mol. The maximum Gasteiger partial charge on any atom is 0.333 e. The first-order chi connectivity index (χ1) is 9.80. The van der Waals surface area contributed by atoms with Crippen molar-refractivity contribution in [1.29, 1.82) is 0 Å². The highest BCUT2D eigenvalue weighted by atomic mass is 16.6. The third-order valence-electron chi connectivity index (χ3n) is 4.55. The maximum absolute atomic E-state index is 11.7. The first-order valence-corrected chi connectivity index (χ1v) is 8.09. The van der Waals surface area contributed by atoms with Crippen LogP contribution in [0.5, 0.6) is 0 Å². The van der Waals surface area contributed by atoms with Crippen LogP contribution < -0.4 is 0 Å². The Hall–Kier alpha value is -0.870. The molecule has 4 nitrogen and oxygen atoms in total. The molecule has 0 aliphatic rings. The van der Waals surface area contributed by atoms with E-state index in [-0.39, 0.29) is 12.1 Å². The van der Waals surface area contributed by atoms with Crippen molar-refractivity contribution in [3.63, 3.8) is 0 Å². The van der Waals surface area contributed by atoms with Crippen LogP contribution in [0, 0.1) is 0 Å². The molecule has 0 amide bonds. The van der Waals surface area contributed by atoms with Crippen LogP contribution in [-0.4, -0.2) is 34.0 Å². The first kappa shape index (κ1) is 21.1. The van der Waals surface area contributed by atoms with E-state index in [1.54, 1.807) is 20.8 Å². The number of ether oxygens (including phenoxy) is 2. The molecule has 0 bridgehead atoms. The highest BCUT2D eigenvalue weighted by molar-refractivity contribution is 5.87. The monoisotopic (exact) mass is 314 g/mol. The first-order valence-electron chi connectivity index (χ1n) is 8.09. The van der Waals surface area contributed by atoms with E-state index in [9.17, 15) is 9.90 Å². The quantitative estimate of drug-likeness (QED) is 0.516. The summed E-state index contributed by atoms with van der Waals surface area (Å²) in [5.41, 5.74) is -1.74. The van der Waals surface area contributed by atoms with E-state index in [4.69, 9.17) is 9.47 Å². The van der Waals surface area contributed by atoms with Gasteiger partial charge in [0, 0.05) is 12.0 Å². The van der Waals surface area contributed by atoms with Crippen molar-refractivity contribution in [2.24, 2.45) is 0 Å². The largest absolute Gasteiger partial charge is 0.459 e. The molecule has 0 aliphatic carbocycles. The Balaban J connectivity index is 5.12. The second-order valence-electron chi connectivity index (χ2n) is 7.26. The summed E-state index contributed by atoms with van der Waals surface area (Å²) in [4.78, 5) is 11.7. The van der Waals surface area contributed by atoms with Gasteiger partial charge in [-0.25, -0.2) is 4.79 Å².